The standard InChI is InChI=1S/C17H19F2NO/c1-3-8-20-11-12-4-6-16(19)14(9-12)15-10-13(18)5-7-17(15)21-2/h4-7,9-10,20H,3,8,11H2,1-2H3. The first kappa shape index (κ1) is 15.4. The predicted molar refractivity (Wildman–Crippen MR) is 80.3 cm³/mol. The summed E-state index contributed by atoms with van der Waals surface area (Å²) in [6, 6.07) is 8.96. The number of ether oxygens (including phenoxy) is 1. The van der Waals surface area contributed by atoms with E-state index in [9.17, 15) is 8.78 Å². The van der Waals surface area contributed by atoms with Crippen LogP contribution in [0.2, 0.25) is 0 Å². The Labute approximate surface area is 123 Å². The highest BCUT2D eigenvalue weighted by atomic mass is 19.1. The Bertz CT molecular complexity index is 614. The summed E-state index contributed by atoms with van der Waals surface area (Å²) in [5.41, 5.74) is 1.72. The third-order valence-corrected chi connectivity index (χ3v) is 3.24. The fourth-order valence-corrected chi connectivity index (χ4v) is 2.19. The molecule has 112 valence electrons. The summed E-state index contributed by atoms with van der Waals surface area (Å²) in [6.07, 6.45) is 1.03. The molecule has 0 heterocycles. The smallest absolute Gasteiger partial charge is 0.131 e. The lowest BCUT2D eigenvalue weighted by Crippen LogP contribution is -2.13. The number of nitrogens with one attached hydrogen (secondary N) is 1. The Morgan fingerprint density at radius 2 is 1.86 bits per heavy atom. The Morgan fingerprint density at radius 3 is 2.57 bits per heavy atom. The van der Waals surface area contributed by atoms with Crippen LogP contribution < -0.4 is 10.1 Å². The Morgan fingerprint density at radius 1 is 1.05 bits per heavy atom. The van der Waals surface area contributed by atoms with Gasteiger partial charge in [0.05, 0.1) is 7.11 Å². The quantitative estimate of drug-likeness (QED) is 0.808. The first-order chi connectivity index (χ1) is 10.2. The van der Waals surface area contributed by atoms with Crippen LogP contribution >= 0.6 is 0 Å². The van der Waals surface area contributed by atoms with E-state index in [0.29, 0.717) is 23.4 Å². The van der Waals surface area contributed by atoms with E-state index in [1.807, 2.05) is 0 Å². The van der Waals surface area contributed by atoms with Crippen molar-refractivity contribution >= 4 is 0 Å². The molecule has 0 aliphatic carbocycles. The zero-order valence-corrected chi connectivity index (χ0v) is 12.2. The summed E-state index contributed by atoms with van der Waals surface area (Å²) in [4.78, 5) is 0. The van der Waals surface area contributed by atoms with Gasteiger partial charge in [-0.2, -0.15) is 0 Å². The molecule has 0 bridgehead atoms. The topological polar surface area (TPSA) is 21.3 Å². The second kappa shape index (κ2) is 7.18. The van der Waals surface area contributed by atoms with Crippen LogP contribution in [-0.4, -0.2) is 13.7 Å². The molecule has 2 aromatic carbocycles. The van der Waals surface area contributed by atoms with Crippen LogP contribution in [0.5, 0.6) is 5.75 Å². The molecule has 0 spiro atoms. The summed E-state index contributed by atoms with van der Waals surface area (Å²) in [7, 11) is 1.49. The maximum Gasteiger partial charge on any atom is 0.131 e. The van der Waals surface area contributed by atoms with Crippen molar-refractivity contribution in [3.8, 4) is 16.9 Å². The van der Waals surface area contributed by atoms with Gasteiger partial charge >= 0.3 is 0 Å². The van der Waals surface area contributed by atoms with Crippen molar-refractivity contribution in [1.29, 1.82) is 0 Å². The highest BCUT2D eigenvalue weighted by Gasteiger charge is 2.12. The highest BCUT2D eigenvalue weighted by Crippen LogP contribution is 2.33. The molecule has 0 aliphatic heterocycles. The largest absolute Gasteiger partial charge is 0.496 e. The van der Waals surface area contributed by atoms with Gasteiger partial charge in [-0.15, -0.1) is 0 Å². The monoisotopic (exact) mass is 291 g/mol. The van der Waals surface area contributed by atoms with Gasteiger partial charge in [-0.3, -0.25) is 0 Å². The van der Waals surface area contributed by atoms with Crippen LogP contribution in [0.25, 0.3) is 11.1 Å². The van der Waals surface area contributed by atoms with Crippen molar-refractivity contribution in [2.75, 3.05) is 13.7 Å². The van der Waals surface area contributed by atoms with Crippen LogP contribution in [0, 0.1) is 11.6 Å². The van der Waals surface area contributed by atoms with Crippen molar-refractivity contribution in [3.63, 3.8) is 0 Å². The van der Waals surface area contributed by atoms with Crippen molar-refractivity contribution < 1.29 is 13.5 Å². The molecule has 0 amide bonds. The normalized spacial score (nSPS) is 10.7. The van der Waals surface area contributed by atoms with Gasteiger partial charge in [0.1, 0.15) is 17.4 Å². The molecule has 2 nitrogen and oxygen atoms in total. The molecule has 0 aliphatic rings. The van der Waals surface area contributed by atoms with Gasteiger partial charge in [0.2, 0.25) is 0 Å². The fourth-order valence-electron chi connectivity index (χ4n) is 2.19. The molecule has 0 aromatic heterocycles. The molecule has 2 rings (SSSR count). The van der Waals surface area contributed by atoms with E-state index in [1.54, 1.807) is 12.1 Å². The van der Waals surface area contributed by atoms with Gasteiger partial charge in [0.25, 0.3) is 0 Å². The third-order valence-electron chi connectivity index (χ3n) is 3.24. The van der Waals surface area contributed by atoms with Gasteiger partial charge in [-0.1, -0.05) is 13.0 Å². The summed E-state index contributed by atoms with van der Waals surface area (Å²) >= 11 is 0. The first-order valence-electron chi connectivity index (χ1n) is 6.98. The molecule has 2 aromatic rings. The predicted octanol–water partition coefficient (Wildman–Crippen LogP) is 4.14. The first-order valence-corrected chi connectivity index (χ1v) is 6.98. The van der Waals surface area contributed by atoms with Crippen molar-refractivity contribution in [2.24, 2.45) is 0 Å². The van der Waals surface area contributed by atoms with Gasteiger partial charge < -0.3 is 10.1 Å². The van der Waals surface area contributed by atoms with Crippen molar-refractivity contribution in [1.82, 2.24) is 5.32 Å². The molecule has 4 heteroatoms. The van der Waals surface area contributed by atoms with Gasteiger partial charge in [-0.25, -0.2) is 8.78 Å². The molecule has 21 heavy (non-hydrogen) atoms. The van der Waals surface area contributed by atoms with Crippen LogP contribution in [0.3, 0.4) is 0 Å². The Kier molecular flexibility index (Phi) is 5.28. The zero-order valence-electron chi connectivity index (χ0n) is 12.2. The van der Waals surface area contributed by atoms with Gasteiger partial charge in [0.15, 0.2) is 0 Å². The van der Waals surface area contributed by atoms with Gasteiger partial charge in [-0.05, 0) is 48.9 Å². The molecular weight excluding hydrogens is 272 g/mol. The third kappa shape index (κ3) is 3.79. The molecular formula is C17H19F2NO. The SMILES string of the molecule is CCCNCc1ccc(F)c(-c2cc(F)ccc2OC)c1. The average Bonchev–Trinajstić information content (AvgIpc) is 2.49. The van der Waals surface area contributed by atoms with E-state index in [1.165, 1.54) is 31.4 Å². The number of hydrogen-bond acceptors (Lipinski definition) is 2. The molecule has 0 unspecified atom stereocenters. The number of rotatable bonds is 6. The van der Waals surface area contributed by atoms with E-state index in [-0.39, 0.29) is 0 Å². The summed E-state index contributed by atoms with van der Waals surface area (Å²) < 4.78 is 32.8. The minimum Gasteiger partial charge on any atom is -0.496 e. The molecule has 0 radical (unpaired) electrons. The zero-order chi connectivity index (χ0) is 15.2. The van der Waals surface area contributed by atoms with Crippen LogP contribution in [0.1, 0.15) is 18.9 Å². The van der Waals surface area contributed by atoms with E-state index in [4.69, 9.17) is 4.74 Å². The van der Waals surface area contributed by atoms with E-state index < -0.39 is 11.6 Å². The maximum absolute atomic E-state index is 14.1. The lowest BCUT2D eigenvalue weighted by molar-refractivity contribution is 0.415. The number of benzene rings is 2. The van der Waals surface area contributed by atoms with Crippen molar-refractivity contribution in [2.45, 2.75) is 19.9 Å². The maximum atomic E-state index is 14.1. The molecule has 0 saturated carbocycles. The lowest BCUT2D eigenvalue weighted by atomic mass is 10.0. The number of methoxy groups -OCH3 is 1. The Hall–Kier alpha value is -1.94. The lowest BCUT2D eigenvalue weighted by Gasteiger charge is -2.12. The average molecular weight is 291 g/mol. The summed E-state index contributed by atoms with van der Waals surface area (Å²) in [5, 5.41) is 3.26. The molecule has 0 fully saturated rings. The van der Waals surface area contributed by atoms with Crippen LogP contribution in [-0.2, 0) is 6.54 Å². The van der Waals surface area contributed by atoms with E-state index in [0.717, 1.165) is 18.5 Å². The minimum atomic E-state index is -0.417. The molecule has 1 N–H and O–H groups in total. The highest BCUT2D eigenvalue weighted by molar-refractivity contribution is 5.71. The van der Waals surface area contributed by atoms with E-state index >= 15 is 0 Å². The second-order valence-corrected chi connectivity index (χ2v) is 4.84. The number of halogens is 2. The van der Waals surface area contributed by atoms with E-state index in [2.05, 4.69) is 12.2 Å². The van der Waals surface area contributed by atoms with Crippen LogP contribution in [0.15, 0.2) is 36.4 Å². The molecule has 0 saturated heterocycles. The van der Waals surface area contributed by atoms with Crippen LogP contribution in [0.4, 0.5) is 8.78 Å². The Balaban J connectivity index is 2.38. The fraction of sp³-hybridized carbons (Fsp3) is 0.294. The summed E-state index contributed by atoms with van der Waals surface area (Å²) in [6.45, 7) is 3.63. The van der Waals surface area contributed by atoms with Gasteiger partial charge in [0, 0.05) is 17.7 Å². The molecule has 0 atom stereocenters. The minimum absolute atomic E-state index is 0.349. The number of hydrogen-bond donors (Lipinski definition) is 1. The van der Waals surface area contributed by atoms with Crippen molar-refractivity contribution in [3.05, 3.63) is 53.6 Å². The second-order valence-electron chi connectivity index (χ2n) is 4.84. The summed E-state index contributed by atoms with van der Waals surface area (Å²) in [5.74, 6) is -0.355.